The molecule has 0 amide bonds. The summed E-state index contributed by atoms with van der Waals surface area (Å²) in [5, 5.41) is 9.40. The molecule has 1 rings (SSSR count). The van der Waals surface area contributed by atoms with Gasteiger partial charge in [-0.1, -0.05) is 0 Å². The maximum atomic E-state index is 9.40. The summed E-state index contributed by atoms with van der Waals surface area (Å²) < 4.78 is 0. The summed E-state index contributed by atoms with van der Waals surface area (Å²) in [5.74, 6) is 0.522. The van der Waals surface area contributed by atoms with Crippen molar-refractivity contribution in [2.24, 2.45) is 11.7 Å². The second kappa shape index (κ2) is 5.58. The molecular weight excluding hydrogens is 164 g/mol. The third kappa shape index (κ3) is 3.63. The molecule has 1 atom stereocenters. The van der Waals surface area contributed by atoms with Crippen LogP contribution in [0.2, 0.25) is 0 Å². The van der Waals surface area contributed by atoms with E-state index in [2.05, 4.69) is 4.90 Å². The Labute approximate surface area is 80.9 Å². The third-order valence-electron chi connectivity index (χ3n) is 2.99. The molecule has 1 aliphatic rings. The van der Waals surface area contributed by atoms with Gasteiger partial charge in [-0.15, -0.1) is 0 Å². The van der Waals surface area contributed by atoms with E-state index in [0.717, 1.165) is 45.4 Å². The highest BCUT2D eigenvalue weighted by molar-refractivity contribution is 4.75. The number of rotatable bonds is 4. The average Bonchev–Trinajstić information content (AvgIpc) is 2.15. The number of nitrogens with two attached hydrogens (primary N) is 1. The molecule has 1 saturated heterocycles. The molecular formula is C10H22N2O. The van der Waals surface area contributed by atoms with Crippen molar-refractivity contribution in [3.05, 3.63) is 0 Å². The van der Waals surface area contributed by atoms with Crippen LogP contribution in [0.1, 0.15) is 26.2 Å². The lowest BCUT2D eigenvalue weighted by molar-refractivity contribution is 0.0718. The van der Waals surface area contributed by atoms with Gasteiger partial charge < -0.3 is 15.7 Å². The van der Waals surface area contributed by atoms with Crippen LogP contribution in [-0.2, 0) is 0 Å². The molecule has 13 heavy (non-hydrogen) atoms. The molecule has 1 aliphatic heterocycles. The van der Waals surface area contributed by atoms with Crippen molar-refractivity contribution in [3.63, 3.8) is 0 Å². The minimum Gasteiger partial charge on any atom is -0.393 e. The van der Waals surface area contributed by atoms with Gasteiger partial charge in [0, 0.05) is 0 Å². The molecule has 0 saturated carbocycles. The number of aliphatic hydroxyl groups is 1. The predicted molar refractivity (Wildman–Crippen MR) is 54.5 cm³/mol. The Hall–Kier alpha value is -0.120. The van der Waals surface area contributed by atoms with E-state index < -0.39 is 0 Å². The smallest absolute Gasteiger partial charge is 0.0541 e. The van der Waals surface area contributed by atoms with Crippen LogP contribution in [0.5, 0.6) is 0 Å². The molecule has 0 aliphatic carbocycles. The van der Waals surface area contributed by atoms with Gasteiger partial charge in [-0.2, -0.15) is 0 Å². The second-order valence-corrected chi connectivity index (χ2v) is 4.06. The van der Waals surface area contributed by atoms with Gasteiger partial charge in [-0.3, -0.25) is 0 Å². The standard InChI is InChI=1S/C10H22N2O/c1-9(13)10-3-7-12(8-4-10)6-2-5-11/h9-10,13H,2-8,11H2,1H3/t9-/m1/s1. The van der Waals surface area contributed by atoms with Crippen molar-refractivity contribution >= 4 is 0 Å². The van der Waals surface area contributed by atoms with Crippen LogP contribution >= 0.6 is 0 Å². The van der Waals surface area contributed by atoms with E-state index in [-0.39, 0.29) is 6.10 Å². The average molecular weight is 186 g/mol. The maximum absolute atomic E-state index is 9.40. The number of aliphatic hydroxyl groups excluding tert-OH is 1. The Kier molecular flexibility index (Phi) is 4.70. The molecule has 3 N–H and O–H groups in total. The first kappa shape index (κ1) is 11.0. The van der Waals surface area contributed by atoms with Gasteiger partial charge in [0.05, 0.1) is 6.10 Å². The minimum atomic E-state index is -0.128. The summed E-state index contributed by atoms with van der Waals surface area (Å²) in [7, 11) is 0. The van der Waals surface area contributed by atoms with Gasteiger partial charge in [-0.25, -0.2) is 0 Å². The lowest BCUT2D eigenvalue weighted by atomic mass is 9.92. The van der Waals surface area contributed by atoms with E-state index in [1.54, 1.807) is 0 Å². The number of likely N-dealkylation sites (tertiary alicyclic amines) is 1. The number of piperidine rings is 1. The SMILES string of the molecule is C[C@@H](O)C1CCN(CCCN)CC1. The molecule has 3 heteroatoms. The molecule has 0 unspecified atom stereocenters. The molecule has 0 aromatic rings. The quantitative estimate of drug-likeness (QED) is 0.669. The fourth-order valence-electron chi connectivity index (χ4n) is 1.97. The predicted octanol–water partition coefficient (Wildman–Crippen LogP) is 0.428. The van der Waals surface area contributed by atoms with Crippen molar-refractivity contribution in [2.45, 2.75) is 32.3 Å². The Morgan fingerprint density at radius 2 is 2.08 bits per heavy atom. The van der Waals surface area contributed by atoms with E-state index >= 15 is 0 Å². The molecule has 0 aromatic carbocycles. The van der Waals surface area contributed by atoms with E-state index in [0.29, 0.717) is 5.92 Å². The number of hydrogen-bond acceptors (Lipinski definition) is 3. The molecule has 1 heterocycles. The maximum Gasteiger partial charge on any atom is 0.0541 e. The van der Waals surface area contributed by atoms with Gasteiger partial charge in [0.25, 0.3) is 0 Å². The highest BCUT2D eigenvalue weighted by atomic mass is 16.3. The topological polar surface area (TPSA) is 49.5 Å². The van der Waals surface area contributed by atoms with Gasteiger partial charge in [-0.05, 0) is 58.3 Å². The van der Waals surface area contributed by atoms with Crippen molar-refractivity contribution < 1.29 is 5.11 Å². The number of nitrogens with zero attached hydrogens (tertiary/aromatic N) is 1. The van der Waals surface area contributed by atoms with Crippen molar-refractivity contribution in [1.29, 1.82) is 0 Å². The molecule has 0 spiro atoms. The first-order chi connectivity index (χ1) is 6.24. The molecule has 0 aromatic heterocycles. The lowest BCUT2D eigenvalue weighted by Gasteiger charge is -2.33. The molecule has 1 fully saturated rings. The van der Waals surface area contributed by atoms with E-state index in [9.17, 15) is 5.11 Å². The van der Waals surface area contributed by atoms with E-state index in [1.807, 2.05) is 6.92 Å². The van der Waals surface area contributed by atoms with Crippen LogP contribution in [0.15, 0.2) is 0 Å². The largest absolute Gasteiger partial charge is 0.393 e. The van der Waals surface area contributed by atoms with Crippen molar-refractivity contribution in [2.75, 3.05) is 26.2 Å². The molecule has 0 bridgehead atoms. The summed E-state index contributed by atoms with van der Waals surface area (Å²) in [6.45, 7) is 6.09. The normalized spacial score (nSPS) is 23.3. The third-order valence-corrected chi connectivity index (χ3v) is 2.99. The highest BCUT2D eigenvalue weighted by Gasteiger charge is 2.21. The summed E-state index contributed by atoms with van der Waals surface area (Å²) in [6, 6.07) is 0. The summed E-state index contributed by atoms with van der Waals surface area (Å²) in [5.41, 5.74) is 5.45. The van der Waals surface area contributed by atoms with E-state index in [4.69, 9.17) is 5.73 Å². The highest BCUT2D eigenvalue weighted by Crippen LogP contribution is 2.20. The minimum absolute atomic E-state index is 0.128. The summed E-state index contributed by atoms with van der Waals surface area (Å²) in [6.07, 6.45) is 3.25. The molecule has 78 valence electrons. The van der Waals surface area contributed by atoms with Crippen LogP contribution in [-0.4, -0.2) is 42.3 Å². The van der Waals surface area contributed by atoms with Crippen LogP contribution < -0.4 is 5.73 Å². The van der Waals surface area contributed by atoms with Crippen LogP contribution in [0.3, 0.4) is 0 Å². The fraction of sp³-hybridized carbons (Fsp3) is 1.00. The zero-order valence-electron chi connectivity index (χ0n) is 8.58. The van der Waals surface area contributed by atoms with Gasteiger partial charge in [0.15, 0.2) is 0 Å². The summed E-state index contributed by atoms with van der Waals surface area (Å²) in [4.78, 5) is 2.45. The Bertz CT molecular complexity index is 131. The van der Waals surface area contributed by atoms with Crippen LogP contribution in [0.25, 0.3) is 0 Å². The zero-order chi connectivity index (χ0) is 9.68. The Morgan fingerprint density at radius 1 is 1.46 bits per heavy atom. The van der Waals surface area contributed by atoms with Crippen molar-refractivity contribution in [3.8, 4) is 0 Å². The second-order valence-electron chi connectivity index (χ2n) is 4.06. The Morgan fingerprint density at radius 3 is 2.54 bits per heavy atom. The van der Waals surface area contributed by atoms with Crippen LogP contribution in [0.4, 0.5) is 0 Å². The Balaban J connectivity index is 2.15. The fourth-order valence-corrected chi connectivity index (χ4v) is 1.97. The molecule has 0 radical (unpaired) electrons. The first-order valence-corrected chi connectivity index (χ1v) is 5.34. The van der Waals surface area contributed by atoms with E-state index in [1.165, 1.54) is 0 Å². The first-order valence-electron chi connectivity index (χ1n) is 5.34. The lowest BCUT2D eigenvalue weighted by Crippen LogP contribution is -2.37. The summed E-state index contributed by atoms with van der Waals surface area (Å²) >= 11 is 0. The monoisotopic (exact) mass is 186 g/mol. The van der Waals surface area contributed by atoms with Crippen molar-refractivity contribution in [1.82, 2.24) is 4.90 Å². The molecule has 3 nitrogen and oxygen atoms in total. The van der Waals surface area contributed by atoms with Gasteiger partial charge >= 0.3 is 0 Å². The van der Waals surface area contributed by atoms with Gasteiger partial charge in [0.1, 0.15) is 0 Å². The zero-order valence-corrected chi connectivity index (χ0v) is 8.58. The number of hydrogen-bond donors (Lipinski definition) is 2. The van der Waals surface area contributed by atoms with Gasteiger partial charge in [0.2, 0.25) is 0 Å². The van der Waals surface area contributed by atoms with Crippen LogP contribution in [0, 0.1) is 5.92 Å².